The third kappa shape index (κ3) is 3.57. The van der Waals surface area contributed by atoms with Crippen LogP contribution < -0.4 is 9.64 Å². The summed E-state index contributed by atoms with van der Waals surface area (Å²) < 4.78 is 5.24. The van der Waals surface area contributed by atoms with E-state index in [1.807, 2.05) is 37.3 Å². The molecule has 1 atom stereocenters. The lowest BCUT2D eigenvalue weighted by Crippen LogP contribution is -2.29. The molecule has 3 aromatic carbocycles. The number of carbonyl (C=O) groups excluding carboxylic acids is 2. The molecule has 1 saturated heterocycles. The van der Waals surface area contributed by atoms with Gasteiger partial charge in [0.25, 0.3) is 11.7 Å². The van der Waals surface area contributed by atoms with Crippen molar-refractivity contribution in [1.29, 1.82) is 0 Å². The van der Waals surface area contributed by atoms with Crippen molar-refractivity contribution < 1.29 is 19.4 Å². The first-order chi connectivity index (χ1) is 14.9. The molecule has 0 bridgehead atoms. The molecule has 0 aromatic heterocycles. The highest BCUT2D eigenvalue weighted by Gasteiger charge is 2.47. The topological polar surface area (TPSA) is 66.8 Å². The maximum atomic E-state index is 13.2. The van der Waals surface area contributed by atoms with E-state index in [-0.39, 0.29) is 11.3 Å². The largest absolute Gasteiger partial charge is 0.507 e. The number of hydrogen-bond acceptors (Lipinski definition) is 4. The number of aliphatic hydroxyl groups is 1. The Hall–Kier alpha value is -3.57. The van der Waals surface area contributed by atoms with E-state index in [9.17, 15) is 14.7 Å². The Morgan fingerprint density at radius 2 is 1.68 bits per heavy atom. The fourth-order valence-corrected chi connectivity index (χ4v) is 4.03. The van der Waals surface area contributed by atoms with Gasteiger partial charge in [-0.25, -0.2) is 0 Å². The van der Waals surface area contributed by atoms with Gasteiger partial charge in [0.2, 0.25) is 0 Å². The normalized spacial score (nSPS) is 17.8. The number of ketones is 1. The summed E-state index contributed by atoms with van der Waals surface area (Å²) >= 11 is 6.11. The fraction of sp³-hybridized carbons (Fsp3) is 0.120. The van der Waals surface area contributed by atoms with E-state index in [0.717, 1.165) is 11.1 Å². The van der Waals surface area contributed by atoms with Crippen LogP contribution in [0.25, 0.3) is 5.76 Å². The minimum absolute atomic E-state index is 0.0209. The number of anilines is 1. The lowest BCUT2D eigenvalue weighted by molar-refractivity contribution is -0.132. The Kier molecular flexibility index (Phi) is 5.53. The first kappa shape index (κ1) is 20.7. The summed E-state index contributed by atoms with van der Waals surface area (Å²) in [5.41, 5.74) is 2.59. The number of halogens is 1. The van der Waals surface area contributed by atoms with Gasteiger partial charge >= 0.3 is 0 Å². The number of aliphatic hydroxyl groups excluding tert-OH is 1. The van der Waals surface area contributed by atoms with Crippen molar-refractivity contribution in [3.8, 4) is 5.75 Å². The zero-order valence-electron chi connectivity index (χ0n) is 17.0. The van der Waals surface area contributed by atoms with Gasteiger partial charge in [-0.15, -0.1) is 0 Å². The van der Waals surface area contributed by atoms with Crippen molar-refractivity contribution >= 4 is 34.7 Å². The summed E-state index contributed by atoms with van der Waals surface area (Å²) in [5.74, 6) is -1.36. The van der Waals surface area contributed by atoms with Crippen molar-refractivity contribution in [3.63, 3.8) is 0 Å². The molecule has 31 heavy (non-hydrogen) atoms. The molecule has 1 aliphatic rings. The summed E-state index contributed by atoms with van der Waals surface area (Å²) in [6.07, 6.45) is 0. The maximum absolute atomic E-state index is 13.2. The third-order valence-electron chi connectivity index (χ3n) is 5.39. The Morgan fingerprint density at radius 1 is 1.00 bits per heavy atom. The number of rotatable bonds is 4. The molecule has 0 radical (unpaired) electrons. The van der Waals surface area contributed by atoms with Gasteiger partial charge in [0.15, 0.2) is 0 Å². The van der Waals surface area contributed by atoms with Crippen molar-refractivity contribution in [2.45, 2.75) is 13.0 Å². The summed E-state index contributed by atoms with van der Waals surface area (Å²) in [5, 5.41) is 11.6. The molecule has 1 aliphatic heterocycles. The van der Waals surface area contributed by atoms with Gasteiger partial charge in [0.05, 0.1) is 23.7 Å². The predicted octanol–water partition coefficient (Wildman–Crippen LogP) is 5.28. The van der Waals surface area contributed by atoms with E-state index >= 15 is 0 Å². The molecule has 3 aromatic rings. The number of amides is 1. The first-order valence-corrected chi connectivity index (χ1v) is 10.1. The van der Waals surface area contributed by atoms with E-state index in [4.69, 9.17) is 16.3 Å². The number of Topliss-reactive ketones (excluding diaryl/α,β-unsaturated/α-hetero) is 1. The molecule has 1 fully saturated rings. The summed E-state index contributed by atoms with van der Waals surface area (Å²) in [4.78, 5) is 27.7. The quantitative estimate of drug-likeness (QED) is 0.345. The van der Waals surface area contributed by atoms with Gasteiger partial charge in [-0.3, -0.25) is 14.5 Å². The Morgan fingerprint density at radius 3 is 2.35 bits per heavy atom. The molecule has 1 N–H and O–H groups in total. The second-order valence-electron chi connectivity index (χ2n) is 7.21. The zero-order valence-corrected chi connectivity index (χ0v) is 17.8. The van der Waals surface area contributed by atoms with Gasteiger partial charge in [-0.2, -0.15) is 0 Å². The van der Waals surface area contributed by atoms with Gasteiger partial charge in [-0.1, -0.05) is 54.1 Å². The van der Waals surface area contributed by atoms with Crippen LogP contribution in [0, 0.1) is 6.92 Å². The average molecular weight is 434 g/mol. The number of hydrogen-bond donors (Lipinski definition) is 1. The van der Waals surface area contributed by atoms with E-state index < -0.39 is 17.7 Å². The zero-order chi connectivity index (χ0) is 22.1. The Labute approximate surface area is 185 Å². The monoisotopic (exact) mass is 433 g/mol. The molecule has 1 unspecified atom stereocenters. The lowest BCUT2D eigenvalue weighted by Gasteiger charge is -2.26. The first-order valence-electron chi connectivity index (χ1n) is 9.69. The van der Waals surface area contributed by atoms with Crippen LogP contribution in [-0.2, 0) is 9.59 Å². The van der Waals surface area contributed by atoms with Crippen LogP contribution in [0.4, 0.5) is 5.69 Å². The second kappa shape index (κ2) is 8.28. The van der Waals surface area contributed by atoms with Crippen LogP contribution in [-0.4, -0.2) is 23.9 Å². The molecule has 1 heterocycles. The van der Waals surface area contributed by atoms with Crippen molar-refractivity contribution in [2.24, 2.45) is 0 Å². The standard InChI is InChI=1S/C25H20ClNO4/c1-15-8-6-7-11-18(15)22-21(23(28)16-12-13-19(26)20(14-16)31-2)24(29)25(30)27(22)17-9-4-3-5-10-17/h3-14,22,28H,1-2H3/b23-21+. The molecule has 4 rings (SSSR count). The summed E-state index contributed by atoms with van der Waals surface area (Å²) in [6, 6.07) is 20.4. The minimum Gasteiger partial charge on any atom is -0.507 e. The molecular weight excluding hydrogens is 414 g/mol. The molecule has 0 aliphatic carbocycles. The van der Waals surface area contributed by atoms with Crippen LogP contribution in [0.3, 0.4) is 0 Å². The predicted molar refractivity (Wildman–Crippen MR) is 120 cm³/mol. The van der Waals surface area contributed by atoms with Crippen molar-refractivity contribution in [2.75, 3.05) is 12.0 Å². The fourth-order valence-electron chi connectivity index (χ4n) is 3.84. The number of para-hydroxylation sites is 1. The molecule has 156 valence electrons. The highest BCUT2D eigenvalue weighted by Crippen LogP contribution is 2.43. The maximum Gasteiger partial charge on any atom is 0.300 e. The molecule has 0 spiro atoms. The highest BCUT2D eigenvalue weighted by molar-refractivity contribution is 6.51. The van der Waals surface area contributed by atoms with E-state index in [0.29, 0.717) is 22.0 Å². The van der Waals surface area contributed by atoms with Crippen molar-refractivity contribution in [1.82, 2.24) is 0 Å². The van der Waals surface area contributed by atoms with Gasteiger partial charge < -0.3 is 9.84 Å². The van der Waals surface area contributed by atoms with Gasteiger partial charge in [0, 0.05) is 11.3 Å². The minimum atomic E-state index is -0.773. The van der Waals surface area contributed by atoms with E-state index in [2.05, 4.69) is 0 Å². The summed E-state index contributed by atoms with van der Waals surface area (Å²) in [6.45, 7) is 1.91. The number of ether oxygens (including phenoxy) is 1. The second-order valence-corrected chi connectivity index (χ2v) is 7.62. The summed E-state index contributed by atoms with van der Waals surface area (Å²) in [7, 11) is 1.46. The van der Waals surface area contributed by atoms with E-state index in [1.54, 1.807) is 42.5 Å². The SMILES string of the molecule is COc1cc(/C(O)=C2\C(=O)C(=O)N(c3ccccc3)C2c2ccccc2C)ccc1Cl. The van der Waals surface area contributed by atoms with Crippen LogP contribution in [0.1, 0.15) is 22.7 Å². The number of nitrogens with zero attached hydrogens (tertiary/aromatic N) is 1. The number of aryl methyl sites for hydroxylation is 1. The molecule has 1 amide bonds. The molecule has 5 nitrogen and oxygen atoms in total. The number of methoxy groups -OCH3 is 1. The lowest BCUT2D eigenvalue weighted by atomic mass is 9.92. The van der Waals surface area contributed by atoms with E-state index in [1.165, 1.54) is 12.0 Å². The molecular formula is C25H20ClNO4. The highest BCUT2D eigenvalue weighted by atomic mass is 35.5. The Balaban J connectivity index is 1.97. The average Bonchev–Trinajstić information content (AvgIpc) is 3.05. The van der Waals surface area contributed by atoms with Gasteiger partial charge in [0.1, 0.15) is 11.5 Å². The number of benzene rings is 3. The van der Waals surface area contributed by atoms with Crippen molar-refractivity contribution in [3.05, 3.63) is 100 Å². The molecule has 6 heteroatoms. The third-order valence-corrected chi connectivity index (χ3v) is 5.70. The smallest absolute Gasteiger partial charge is 0.300 e. The Bertz CT molecular complexity index is 1200. The van der Waals surface area contributed by atoms with Crippen LogP contribution in [0.5, 0.6) is 5.75 Å². The number of carbonyl (C=O) groups is 2. The van der Waals surface area contributed by atoms with Crippen LogP contribution in [0.2, 0.25) is 5.02 Å². The molecule has 0 saturated carbocycles. The van der Waals surface area contributed by atoms with Crippen LogP contribution in [0.15, 0.2) is 78.4 Å². The van der Waals surface area contributed by atoms with Gasteiger partial charge in [-0.05, 0) is 48.4 Å². The van der Waals surface area contributed by atoms with Crippen LogP contribution >= 0.6 is 11.6 Å².